The SMILES string of the molecule is COC(C)(C)CCNc1cc(C)ccc1Cl. The quantitative estimate of drug-likeness (QED) is 0.845. The molecule has 0 saturated heterocycles. The van der Waals surface area contributed by atoms with Gasteiger partial charge in [-0.05, 0) is 44.9 Å². The van der Waals surface area contributed by atoms with Crippen molar-refractivity contribution in [3.8, 4) is 0 Å². The third-order valence-electron chi connectivity index (χ3n) is 2.72. The molecular weight excluding hydrogens is 222 g/mol. The molecule has 0 aliphatic rings. The molecule has 90 valence electrons. The molecule has 0 aliphatic heterocycles. The molecule has 0 radical (unpaired) electrons. The summed E-state index contributed by atoms with van der Waals surface area (Å²) in [6.07, 6.45) is 0.938. The van der Waals surface area contributed by atoms with Crippen LogP contribution in [0.4, 0.5) is 5.69 Å². The maximum Gasteiger partial charge on any atom is 0.0639 e. The van der Waals surface area contributed by atoms with Gasteiger partial charge >= 0.3 is 0 Å². The van der Waals surface area contributed by atoms with Gasteiger partial charge in [0.2, 0.25) is 0 Å². The van der Waals surface area contributed by atoms with Crippen molar-refractivity contribution >= 4 is 17.3 Å². The summed E-state index contributed by atoms with van der Waals surface area (Å²) in [5.41, 5.74) is 2.11. The lowest BCUT2D eigenvalue weighted by atomic mass is 10.1. The highest BCUT2D eigenvalue weighted by atomic mass is 35.5. The second-order valence-corrected chi connectivity index (χ2v) is 5.03. The molecule has 0 saturated carbocycles. The van der Waals surface area contributed by atoms with Gasteiger partial charge in [0.25, 0.3) is 0 Å². The van der Waals surface area contributed by atoms with Crippen LogP contribution in [0.2, 0.25) is 5.02 Å². The molecule has 0 amide bonds. The van der Waals surface area contributed by atoms with Crippen LogP contribution in [0.5, 0.6) is 0 Å². The molecule has 3 heteroatoms. The van der Waals surface area contributed by atoms with Crippen LogP contribution in [0, 0.1) is 6.92 Å². The van der Waals surface area contributed by atoms with Crippen molar-refractivity contribution < 1.29 is 4.74 Å². The molecule has 0 bridgehead atoms. The van der Waals surface area contributed by atoms with E-state index in [1.54, 1.807) is 7.11 Å². The lowest BCUT2D eigenvalue weighted by Crippen LogP contribution is -2.25. The van der Waals surface area contributed by atoms with Crippen molar-refractivity contribution in [2.75, 3.05) is 19.0 Å². The number of methoxy groups -OCH3 is 1. The molecule has 0 atom stereocenters. The van der Waals surface area contributed by atoms with Crippen molar-refractivity contribution in [3.05, 3.63) is 28.8 Å². The first-order chi connectivity index (χ1) is 7.44. The predicted molar refractivity (Wildman–Crippen MR) is 70.4 cm³/mol. The first-order valence-electron chi connectivity index (χ1n) is 5.50. The molecule has 0 aliphatic carbocycles. The van der Waals surface area contributed by atoms with Crippen LogP contribution in [-0.4, -0.2) is 19.3 Å². The van der Waals surface area contributed by atoms with Crippen molar-refractivity contribution in [2.24, 2.45) is 0 Å². The average Bonchev–Trinajstić information content (AvgIpc) is 2.23. The standard InChI is InChI=1S/C13H20ClNO/c1-10-5-6-11(14)12(9-10)15-8-7-13(2,3)16-4/h5-6,9,15H,7-8H2,1-4H3. The number of nitrogens with one attached hydrogen (secondary N) is 1. The van der Waals surface area contributed by atoms with Crippen LogP contribution >= 0.6 is 11.6 Å². The minimum Gasteiger partial charge on any atom is -0.384 e. The van der Waals surface area contributed by atoms with E-state index in [9.17, 15) is 0 Å². The Balaban J connectivity index is 2.52. The van der Waals surface area contributed by atoms with E-state index in [2.05, 4.69) is 32.2 Å². The summed E-state index contributed by atoms with van der Waals surface area (Å²) in [4.78, 5) is 0. The molecule has 0 unspecified atom stereocenters. The second kappa shape index (κ2) is 5.55. The number of hydrogen-bond donors (Lipinski definition) is 1. The zero-order valence-electron chi connectivity index (χ0n) is 10.4. The van der Waals surface area contributed by atoms with E-state index < -0.39 is 0 Å². The van der Waals surface area contributed by atoms with Gasteiger partial charge in [-0.25, -0.2) is 0 Å². The molecule has 2 nitrogen and oxygen atoms in total. The van der Waals surface area contributed by atoms with Crippen LogP contribution in [0.3, 0.4) is 0 Å². The largest absolute Gasteiger partial charge is 0.384 e. The van der Waals surface area contributed by atoms with Crippen molar-refractivity contribution in [2.45, 2.75) is 32.8 Å². The number of halogens is 1. The van der Waals surface area contributed by atoms with E-state index in [0.29, 0.717) is 0 Å². The van der Waals surface area contributed by atoms with Gasteiger partial charge in [0, 0.05) is 13.7 Å². The Morgan fingerprint density at radius 2 is 2.06 bits per heavy atom. The van der Waals surface area contributed by atoms with Gasteiger partial charge in [-0.1, -0.05) is 17.7 Å². The van der Waals surface area contributed by atoms with E-state index in [0.717, 1.165) is 23.7 Å². The number of rotatable bonds is 5. The molecule has 0 heterocycles. The highest BCUT2D eigenvalue weighted by Crippen LogP contribution is 2.23. The third-order valence-corrected chi connectivity index (χ3v) is 3.05. The zero-order valence-corrected chi connectivity index (χ0v) is 11.2. The minimum atomic E-state index is -0.0939. The third kappa shape index (κ3) is 4.03. The van der Waals surface area contributed by atoms with Gasteiger partial charge in [-0.2, -0.15) is 0 Å². The molecule has 0 fully saturated rings. The first-order valence-corrected chi connectivity index (χ1v) is 5.87. The minimum absolute atomic E-state index is 0.0939. The topological polar surface area (TPSA) is 21.3 Å². The number of benzene rings is 1. The second-order valence-electron chi connectivity index (χ2n) is 4.62. The Labute approximate surface area is 103 Å². The Kier molecular flexibility index (Phi) is 4.63. The van der Waals surface area contributed by atoms with E-state index in [4.69, 9.17) is 16.3 Å². The molecule has 16 heavy (non-hydrogen) atoms. The number of hydrogen-bond acceptors (Lipinski definition) is 2. The summed E-state index contributed by atoms with van der Waals surface area (Å²) < 4.78 is 5.36. The van der Waals surface area contributed by atoms with E-state index >= 15 is 0 Å². The van der Waals surface area contributed by atoms with Gasteiger partial charge in [0.15, 0.2) is 0 Å². The molecule has 1 N–H and O–H groups in total. The summed E-state index contributed by atoms with van der Waals surface area (Å²) in [7, 11) is 1.74. The van der Waals surface area contributed by atoms with Crippen LogP contribution in [0.15, 0.2) is 18.2 Å². The van der Waals surface area contributed by atoms with Crippen molar-refractivity contribution in [3.63, 3.8) is 0 Å². The number of aryl methyl sites for hydroxylation is 1. The van der Waals surface area contributed by atoms with Gasteiger partial charge in [-0.15, -0.1) is 0 Å². The molecular formula is C13H20ClNO. The molecule has 1 aromatic carbocycles. The number of anilines is 1. The van der Waals surface area contributed by atoms with Gasteiger partial charge in [0.1, 0.15) is 0 Å². The van der Waals surface area contributed by atoms with Crippen molar-refractivity contribution in [1.82, 2.24) is 0 Å². The monoisotopic (exact) mass is 241 g/mol. The normalized spacial score (nSPS) is 11.6. The summed E-state index contributed by atoms with van der Waals surface area (Å²) >= 11 is 6.09. The van der Waals surface area contributed by atoms with Crippen LogP contribution in [0.1, 0.15) is 25.8 Å². The van der Waals surface area contributed by atoms with Crippen LogP contribution in [-0.2, 0) is 4.74 Å². The average molecular weight is 242 g/mol. The summed E-state index contributed by atoms with van der Waals surface area (Å²) in [5.74, 6) is 0. The Hall–Kier alpha value is -0.730. The Bertz CT molecular complexity index is 350. The van der Waals surface area contributed by atoms with Gasteiger partial charge in [0.05, 0.1) is 16.3 Å². The van der Waals surface area contributed by atoms with Gasteiger partial charge < -0.3 is 10.1 Å². The maximum absolute atomic E-state index is 6.09. The van der Waals surface area contributed by atoms with E-state index in [-0.39, 0.29) is 5.60 Å². The molecule has 1 aromatic rings. The maximum atomic E-state index is 6.09. The summed E-state index contributed by atoms with van der Waals surface area (Å²) in [6.45, 7) is 7.06. The lowest BCUT2D eigenvalue weighted by Gasteiger charge is -2.23. The lowest BCUT2D eigenvalue weighted by molar-refractivity contribution is 0.0185. The van der Waals surface area contributed by atoms with Crippen LogP contribution < -0.4 is 5.32 Å². The molecule has 0 spiro atoms. The van der Waals surface area contributed by atoms with E-state index in [1.165, 1.54) is 5.56 Å². The zero-order chi connectivity index (χ0) is 12.2. The number of ether oxygens (including phenoxy) is 1. The molecule has 1 rings (SSSR count). The van der Waals surface area contributed by atoms with E-state index in [1.807, 2.05) is 12.1 Å². The highest BCUT2D eigenvalue weighted by molar-refractivity contribution is 6.33. The highest BCUT2D eigenvalue weighted by Gasteiger charge is 2.15. The van der Waals surface area contributed by atoms with Crippen molar-refractivity contribution in [1.29, 1.82) is 0 Å². The smallest absolute Gasteiger partial charge is 0.0639 e. The summed E-state index contributed by atoms with van der Waals surface area (Å²) in [5, 5.41) is 4.10. The van der Waals surface area contributed by atoms with Crippen LogP contribution in [0.25, 0.3) is 0 Å². The first kappa shape index (κ1) is 13.3. The summed E-state index contributed by atoms with van der Waals surface area (Å²) in [6, 6.07) is 5.98. The fraction of sp³-hybridized carbons (Fsp3) is 0.538. The predicted octanol–water partition coefficient (Wildman–Crippen LogP) is 3.88. The molecule has 0 aromatic heterocycles. The fourth-order valence-electron chi connectivity index (χ4n) is 1.37. The fourth-order valence-corrected chi connectivity index (χ4v) is 1.56. The van der Waals surface area contributed by atoms with Gasteiger partial charge in [-0.3, -0.25) is 0 Å². The Morgan fingerprint density at radius 1 is 1.38 bits per heavy atom. The Morgan fingerprint density at radius 3 is 2.69 bits per heavy atom.